The average molecular weight is 407 g/mol. The summed E-state index contributed by atoms with van der Waals surface area (Å²) >= 11 is 5.85. The first-order valence-electron chi connectivity index (χ1n) is 8.78. The summed E-state index contributed by atoms with van der Waals surface area (Å²) in [7, 11) is 0. The molecule has 2 aromatic heterocycles. The van der Waals surface area contributed by atoms with Crippen LogP contribution in [-0.2, 0) is 4.79 Å². The third kappa shape index (κ3) is 4.00. The van der Waals surface area contributed by atoms with Crippen LogP contribution < -0.4 is 10.2 Å². The highest BCUT2D eigenvalue weighted by Crippen LogP contribution is 2.31. The Hall–Kier alpha value is -3.57. The Morgan fingerprint density at radius 1 is 1.10 bits per heavy atom. The molecule has 2 heterocycles. The van der Waals surface area contributed by atoms with E-state index in [1.165, 1.54) is 12.3 Å². The highest BCUT2D eigenvalue weighted by atomic mass is 35.5. The quantitative estimate of drug-likeness (QED) is 0.324. The van der Waals surface area contributed by atoms with E-state index in [2.05, 4.69) is 0 Å². The topological polar surface area (TPSA) is 69.7 Å². The summed E-state index contributed by atoms with van der Waals surface area (Å²) in [4.78, 5) is 25.4. The summed E-state index contributed by atoms with van der Waals surface area (Å²) in [6.45, 7) is 1.86. The fourth-order valence-electron chi connectivity index (χ4n) is 2.83. The number of hydrogen-bond acceptors (Lipinski definition) is 5. The average Bonchev–Trinajstić information content (AvgIpc) is 3.24. The Morgan fingerprint density at radius 2 is 1.90 bits per heavy atom. The van der Waals surface area contributed by atoms with Crippen molar-refractivity contribution >= 4 is 34.6 Å². The van der Waals surface area contributed by atoms with E-state index in [9.17, 15) is 9.59 Å². The predicted molar refractivity (Wildman–Crippen MR) is 111 cm³/mol. The van der Waals surface area contributed by atoms with Gasteiger partial charge >= 0.3 is 5.97 Å². The van der Waals surface area contributed by atoms with Gasteiger partial charge in [-0.2, -0.15) is 0 Å². The molecule has 0 atom stereocenters. The fourth-order valence-corrected chi connectivity index (χ4v) is 2.95. The smallest absolute Gasteiger partial charge is 0.336 e. The molecule has 4 aromatic rings. The van der Waals surface area contributed by atoms with Crippen LogP contribution in [0.15, 0.2) is 80.6 Å². The highest BCUT2D eigenvalue weighted by molar-refractivity contribution is 6.30. The number of benzene rings is 2. The van der Waals surface area contributed by atoms with Crippen molar-refractivity contribution < 1.29 is 18.4 Å². The van der Waals surface area contributed by atoms with Gasteiger partial charge in [-0.1, -0.05) is 35.4 Å². The number of rotatable bonds is 4. The number of halogens is 1. The van der Waals surface area contributed by atoms with E-state index < -0.39 is 11.4 Å². The van der Waals surface area contributed by atoms with Crippen LogP contribution in [0.4, 0.5) is 0 Å². The number of ether oxygens (including phenoxy) is 1. The molecule has 0 radical (unpaired) electrons. The van der Waals surface area contributed by atoms with Gasteiger partial charge in [0.1, 0.15) is 5.58 Å². The van der Waals surface area contributed by atoms with Crippen molar-refractivity contribution in [3.05, 3.63) is 93.3 Å². The van der Waals surface area contributed by atoms with Crippen LogP contribution >= 0.6 is 11.6 Å². The second kappa shape index (κ2) is 7.81. The van der Waals surface area contributed by atoms with Crippen molar-refractivity contribution in [3.63, 3.8) is 0 Å². The number of furan rings is 1. The van der Waals surface area contributed by atoms with Crippen LogP contribution in [0, 0.1) is 6.92 Å². The summed E-state index contributed by atoms with van der Waals surface area (Å²) in [5, 5.41) is 0.918. The number of aryl methyl sites for hydroxylation is 1. The minimum Gasteiger partial charge on any atom is -0.461 e. The number of carbonyl (C=O) groups is 1. The molecule has 0 aliphatic carbocycles. The molecule has 0 unspecified atom stereocenters. The summed E-state index contributed by atoms with van der Waals surface area (Å²) in [6.07, 6.45) is 4.24. The molecule has 0 aliphatic rings. The maximum atomic E-state index is 13.0. The molecule has 0 spiro atoms. The molecule has 2 aromatic carbocycles. The van der Waals surface area contributed by atoms with Gasteiger partial charge in [-0.05, 0) is 55.0 Å². The Balaban J connectivity index is 1.74. The van der Waals surface area contributed by atoms with Crippen LogP contribution in [0.25, 0.3) is 28.6 Å². The van der Waals surface area contributed by atoms with Gasteiger partial charge in [0.15, 0.2) is 5.76 Å². The minimum absolute atomic E-state index is 0.0598. The minimum atomic E-state index is -0.716. The van der Waals surface area contributed by atoms with Crippen molar-refractivity contribution in [1.29, 1.82) is 0 Å². The van der Waals surface area contributed by atoms with Gasteiger partial charge in [0.25, 0.3) is 0 Å². The molecule has 5 nitrogen and oxygen atoms in total. The molecular weight excluding hydrogens is 392 g/mol. The first-order valence-corrected chi connectivity index (χ1v) is 9.16. The third-order valence-electron chi connectivity index (χ3n) is 4.23. The molecular formula is C23H15ClO5. The number of hydrogen-bond donors (Lipinski definition) is 0. The standard InChI is InChI=1S/C23H15ClO5/c1-14-4-10-18-17(13-14)21(26)23(22(28-18)19-3-2-12-27-19)29-20(25)11-7-15-5-8-16(24)9-6-15/h2-13H,1H3/b11-7+. The van der Waals surface area contributed by atoms with Crippen molar-refractivity contribution in [2.24, 2.45) is 0 Å². The Kier molecular flexibility index (Phi) is 5.06. The zero-order valence-corrected chi connectivity index (χ0v) is 16.1. The van der Waals surface area contributed by atoms with E-state index in [1.54, 1.807) is 54.6 Å². The Morgan fingerprint density at radius 3 is 2.62 bits per heavy atom. The lowest BCUT2D eigenvalue weighted by Crippen LogP contribution is -2.14. The van der Waals surface area contributed by atoms with Gasteiger partial charge in [0, 0.05) is 11.1 Å². The van der Waals surface area contributed by atoms with Crippen LogP contribution in [0.5, 0.6) is 5.75 Å². The molecule has 4 rings (SSSR count). The molecule has 29 heavy (non-hydrogen) atoms. The van der Waals surface area contributed by atoms with Crippen molar-refractivity contribution in [1.82, 2.24) is 0 Å². The summed E-state index contributed by atoms with van der Waals surface area (Å²) in [6, 6.07) is 15.4. The zero-order chi connectivity index (χ0) is 20.4. The molecule has 0 saturated heterocycles. The second-order valence-corrected chi connectivity index (χ2v) is 6.81. The van der Waals surface area contributed by atoms with Crippen molar-refractivity contribution in [2.75, 3.05) is 0 Å². The number of carbonyl (C=O) groups excluding carboxylic acids is 1. The van der Waals surface area contributed by atoms with Crippen LogP contribution in [0.2, 0.25) is 5.02 Å². The fraction of sp³-hybridized carbons (Fsp3) is 0.0435. The van der Waals surface area contributed by atoms with Gasteiger partial charge < -0.3 is 13.6 Å². The van der Waals surface area contributed by atoms with E-state index in [0.717, 1.165) is 11.1 Å². The van der Waals surface area contributed by atoms with Crippen molar-refractivity contribution in [2.45, 2.75) is 6.92 Å². The second-order valence-electron chi connectivity index (χ2n) is 6.37. The first-order chi connectivity index (χ1) is 14.0. The Labute approximate surface area is 170 Å². The van der Waals surface area contributed by atoms with E-state index in [4.69, 9.17) is 25.2 Å². The normalized spacial score (nSPS) is 11.2. The lowest BCUT2D eigenvalue weighted by Gasteiger charge is -2.08. The molecule has 0 amide bonds. The summed E-state index contributed by atoms with van der Waals surface area (Å²) < 4.78 is 16.6. The lowest BCUT2D eigenvalue weighted by molar-refractivity contribution is -0.129. The largest absolute Gasteiger partial charge is 0.461 e. The van der Waals surface area contributed by atoms with Crippen molar-refractivity contribution in [3.8, 4) is 17.3 Å². The maximum Gasteiger partial charge on any atom is 0.336 e. The third-order valence-corrected chi connectivity index (χ3v) is 4.49. The SMILES string of the molecule is Cc1ccc2oc(-c3ccco3)c(OC(=O)/C=C/c3ccc(Cl)cc3)c(=O)c2c1. The molecule has 6 heteroatoms. The summed E-state index contributed by atoms with van der Waals surface area (Å²) in [5.74, 6) is -0.588. The van der Waals surface area contributed by atoms with E-state index in [-0.39, 0.29) is 17.3 Å². The van der Waals surface area contributed by atoms with Gasteiger partial charge in [0.05, 0.1) is 11.6 Å². The van der Waals surface area contributed by atoms with Crippen LogP contribution in [0.1, 0.15) is 11.1 Å². The number of fused-ring (bicyclic) bond motifs is 1. The molecule has 0 fully saturated rings. The first kappa shape index (κ1) is 18.8. The van der Waals surface area contributed by atoms with E-state index >= 15 is 0 Å². The van der Waals surface area contributed by atoms with Gasteiger partial charge in [-0.3, -0.25) is 4.79 Å². The Bertz CT molecular complexity index is 1270. The monoisotopic (exact) mass is 406 g/mol. The van der Waals surface area contributed by atoms with E-state index in [0.29, 0.717) is 16.0 Å². The molecule has 0 aliphatic heterocycles. The zero-order valence-electron chi connectivity index (χ0n) is 15.3. The lowest BCUT2D eigenvalue weighted by atomic mass is 10.1. The van der Waals surface area contributed by atoms with E-state index in [1.807, 2.05) is 13.0 Å². The summed E-state index contributed by atoms with van der Waals surface area (Å²) in [5.41, 5.74) is 1.58. The van der Waals surface area contributed by atoms with Gasteiger partial charge in [-0.15, -0.1) is 0 Å². The highest BCUT2D eigenvalue weighted by Gasteiger charge is 2.21. The maximum absolute atomic E-state index is 13.0. The van der Waals surface area contributed by atoms with Gasteiger partial charge in [0.2, 0.25) is 16.9 Å². The molecule has 0 bridgehead atoms. The number of esters is 1. The molecule has 0 N–H and O–H groups in total. The predicted octanol–water partition coefficient (Wildman–Crippen LogP) is 5.63. The van der Waals surface area contributed by atoms with Crippen LogP contribution in [-0.4, -0.2) is 5.97 Å². The molecule has 144 valence electrons. The van der Waals surface area contributed by atoms with Gasteiger partial charge in [-0.25, -0.2) is 4.79 Å². The molecule has 0 saturated carbocycles. The van der Waals surface area contributed by atoms with Crippen LogP contribution in [0.3, 0.4) is 0 Å².